The number of rotatable bonds is 0. The number of H-pyrrole nitrogens is 1. The number of aromatic amines is 1. The highest BCUT2D eigenvalue weighted by atomic mass is 15.1. The molecule has 1 aliphatic rings. The van der Waals surface area contributed by atoms with Gasteiger partial charge in [-0.25, -0.2) is 0 Å². The van der Waals surface area contributed by atoms with E-state index in [1.165, 1.54) is 0 Å². The fourth-order valence-electron chi connectivity index (χ4n) is 1.85. The van der Waals surface area contributed by atoms with Crippen LogP contribution in [0.1, 0.15) is 12.1 Å². The number of nitrogens with one attached hydrogen (secondary N) is 1. The van der Waals surface area contributed by atoms with Crippen LogP contribution in [0.3, 0.4) is 0 Å². The van der Waals surface area contributed by atoms with Gasteiger partial charge in [-0.2, -0.15) is 5.10 Å². The molecule has 1 heterocycles. The fraction of sp³-hybridized carbons (Fsp3) is 0.0625. The Morgan fingerprint density at radius 2 is 2.06 bits per heavy atom. The third-order valence-electron chi connectivity index (χ3n) is 2.77. The van der Waals surface area contributed by atoms with Crippen LogP contribution in [-0.2, 0) is 0 Å². The summed E-state index contributed by atoms with van der Waals surface area (Å²) < 4.78 is 0. The molecule has 3 rings (SSSR count). The molecule has 0 radical (unpaired) electrons. The van der Waals surface area contributed by atoms with Crippen molar-refractivity contribution in [1.82, 2.24) is 10.2 Å². The second-order valence-electron chi connectivity index (χ2n) is 4.05. The molecule has 0 fully saturated rings. The molecule has 0 saturated heterocycles. The van der Waals surface area contributed by atoms with Crippen LogP contribution in [0.25, 0.3) is 10.9 Å². The number of nitrogens with zero attached hydrogens (tertiary/aromatic N) is 1. The first-order valence-electron chi connectivity index (χ1n) is 5.92. The van der Waals surface area contributed by atoms with Crippen LogP contribution >= 0.6 is 0 Å². The van der Waals surface area contributed by atoms with E-state index in [0.29, 0.717) is 0 Å². The number of aromatic nitrogens is 2. The second kappa shape index (κ2) is 4.77. The SMILES string of the molecule is C(#Cc1[nH]nc2ccccc12)C1=CC=CCC=C1. The molecule has 0 bridgehead atoms. The lowest BCUT2D eigenvalue weighted by atomic mass is 10.2. The molecule has 0 amide bonds. The predicted molar refractivity (Wildman–Crippen MR) is 74.0 cm³/mol. The minimum atomic E-state index is 0.869. The molecule has 0 spiro atoms. The minimum Gasteiger partial charge on any atom is -0.269 e. The van der Waals surface area contributed by atoms with Gasteiger partial charge in [-0.05, 0) is 30.6 Å². The largest absolute Gasteiger partial charge is 0.269 e. The van der Waals surface area contributed by atoms with Gasteiger partial charge in [-0.15, -0.1) is 0 Å². The maximum Gasteiger partial charge on any atom is 0.116 e. The summed E-state index contributed by atoms with van der Waals surface area (Å²) in [5.41, 5.74) is 2.84. The van der Waals surface area contributed by atoms with Gasteiger partial charge in [0.15, 0.2) is 0 Å². The molecule has 0 atom stereocenters. The number of para-hydroxylation sites is 1. The van der Waals surface area contributed by atoms with Crippen molar-refractivity contribution in [2.45, 2.75) is 6.42 Å². The summed E-state index contributed by atoms with van der Waals surface area (Å²) in [7, 11) is 0. The zero-order valence-corrected chi connectivity index (χ0v) is 9.85. The van der Waals surface area contributed by atoms with Crippen LogP contribution < -0.4 is 0 Å². The monoisotopic (exact) mass is 232 g/mol. The van der Waals surface area contributed by atoms with E-state index in [0.717, 1.165) is 28.6 Å². The summed E-state index contributed by atoms with van der Waals surface area (Å²) in [6, 6.07) is 7.98. The zero-order valence-electron chi connectivity index (χ0n) is 9.85. The van der Waals surface area contributed by atoms with Gasteiger partial charge >= 0.3 is 0 Å². The lowest BCUT2D eigenvalue weighted by molar-refractivity contribution is 1.10. The van der Waals surface area contributed by atoms with Crippen LogP contribution in [-0.4, -0.2) is 10.2 Å². The van der Waals surface area contributed by atoms with Gasteiger partial charge < -0.3 is 0 Å². The Labute approximate surface area is 106 Å². The molecule has 1 N–H and O–H groups in total. The number of hydrogen-bond donors (Lipinski definition) is 1. The van der Waals surface area contributed by atoms with Crippen molar-refractivity contribution in [2.75, 3.05) is 0 Å². The quantitative estimate of drug-likeness (QED) is 0.693. The maximum absolute atomic E-state index is 4.22. The average Bonchev–Trinajstić information content (AvgIpc) is 2.64. The molecule has 2 aromatic rings. The predicted octanol–water partition coefficient (Wildman–Crippen LogP) is 3.36. The lowest BCUT2D eigenvalue weighted by Gasteiger charge is -1.87. The lowest BCUT2D eigenvalue weighted by Crippen LogP contribution is -1.76. The average molecular weight is 232 g/mol. The Morgan fingerprint density at radius 1 is 1.11 bits per heavy atom. The van der Waals surface area contributed by atoms with Gasteiger partial charge in [0, 0.05) is 11.0 Å². The van der Waals surface area contributed by atoms with E-state index in [1.54, 1.807) is 0 Å². The summed E-state index contributed by atoms with van der Waals surface area (Å²) in [6.07, 6.45) is 11.3. The van der Waals surface area contributed by atoms with Crippen molar-refractivity contribution in [3.05, 3.63) is 65.9 Å². The third-order valence-corrected chi connectivity index (χ3v) is 2.77. The molecule has 86 valence electrons. The molecular formula is C16H12N2. The van der Waals surface area contributed by atoms with Crippen LogP contribution in [0.2, 0.25) is 0 Å². The highest BCUT2D eigenvalue weighted by molar-refractivity contribution is 5.83. The second-order valence-corrected chi connectivity index (χ2v) is 4.05. The first kappa shape index (κ1) is 10.6. The molecule has 0 unspecified atom stereocenters. The summed E-state index contributed by atoms with van der Waals surface area (Å²) >= 11 is 0. The van der Waals surface area contributed by atoms with Crippen LogP contribution in [0.15, 0.2) is 60.2 Å². The van der Waals surface area contributed by atoms with Crippen LogP contribution in [0.5, 0.6) is 0 Å². The topological polar surface area (TPSA) is 28.7 Å². The summed E-state index contributed by atoms with van der Waals surface area (Å²) in [6.45, 7) is 0. The van der Waals surface area contributed by atoms with Crippen LogP contribution in [0.4, 0.5) is 0 Å². The number of hydrogen-bond acceptors (Lipinski definition) is 1. The number of allylic oxidation sites excluding steroid dienone is 6. The molecule has 1 aromatic carbocycles. The minimum absolute atomic E-state index is 0.869. The summed E-state index contributed by atoms with van der Waals surface area (Å²) in [5, 5.41) is 8.27. The van der Waals surface area contributed by atoms with E-state index in [1.807, 2.05) is 42.5 Å². The molecule has 0 saturated carbocycles. The summed E-state index contributed by atoms with van der Waals surface area (Å²) in [4.78, 5) is 0. The van der Waals surface area contributed by atoms with Crippen molar-refractivity contribution in [2.24, 2.45) is 0 Å². The zero-order chi connectivity index (χ0) is 12.2. The maximum atomic E-state index is 4.22. The molecule has 2 nitrogen and oxygen atoms in total. The Balaban J connectivity index is 1.98. The van der Waals surface area contributed by atoms with Gasteiger partial charge in [0.25, 0.3) is 0 Å². The van der Waals surface area contributed by atoms with E-state index >= 15 is 0 Å². The number of benzene rings is 1. The first-order chi connectivity index (χ1) is 8.93. The molecule has 2 heteroatoms. The Kier molecular flexibility index (Phi) is 2.81. The van der Waals surface area contributed by atoms with E-state index in [-0.39, 0.29) is 0 Å². The Bertz CT molecular complexity index is 718. The highest BCUT2D eigenvalue weighted by Gasteiger charge is 2.00. The van der Waals surface area contributed by atoms with Crippen molar-refractivity contribution in [1.29, 1.82) is 0 Å². The van der Waals surface area contributed by atoms with Gasteiger partial charge in [-0.3, -0.25) is 5.10 Å². The number of fused-ring (bicyclic) bond motifs is 1. The van der Waals surface area contributed by atoms with E-state index in [9.17, 15) is 0 Å². The molecule has 0 aliphatic heterocycles. The normalized spacial score (nSPS) is 13.9. The Hall–Kier alpha value is -2.53. The van der Waals surface area contributed by atoms with E-state index in [4.69, 9.17) is 0 Å². The summed E-state index contributed by atoms with van der Waals surface area (Å²) in [5.74, 6) is 6.30. The van der Waals surface area contributed by atoms with Gasteiger partial charge in [0.2, 0.25) is 0 Å². The molecular weight excluding hydrogens is 220 g/mol. The van der Waals surface area contributed by atoms with E-state index < -0.39 is 0 Å². The fourth-order valence-corrected chi connectivity index (χ4v) is 1.85. The molecule has 1 aliphatic carbocycles. The van der Waals surface area contributed by atoms with Crippen molar-refractivity contribution < 1.29 is 0 Å². The highest BCUT2D eigenvalue weighted by Crippen LogP contribution is 2.14. The van der Waals surface area contributed by atoms with Crippen LogP contribution in [0, 0.1) is 11.8 Å². The third kappa shape index (κ3) is 2.11. The molecule has 18 heavy (non-hydrogen) atoms. The first-order valence-corrected chi connectivity index (χ1v) is 5.92. The smallest absolute Gasteiger partial charge is 0.116 e. The van der Waals surface area contributed by atoms with Gasteiger partial charge in [-0.1, -0.05) is 42.4 Å². The van der Waals surface area contributed by atoms with Crippen molar-refractivity contribution in [3.8, 4) is 11.8 Å². The van der Waals surface area contributed by atoms with Gasteiger partial charge in [0.05, 0.1) is 5.52 Å². The molecule has 1 aromatic heterocycles. The van der Waals surface area contributed by atoms with E-state index in [2.05, 4.69) is 34.2 Å². The van der Waals surface area contributed by atoms with Crippen molar-refractivity contribution in [3.63, 3.8) is 0 Å². The van der Waals surface area contributed by atoms with Crippen molar-refractivity contribution >= 4 is 10.9 Å². The standard InChI is InChI=1S/C16H12N2/c1-2-4-8-13(7-3-1)11-12-16-14-9-5-6-10-15(14)17-18-16/h1,3-10H,2H2,(H,17,18). The van der Waals surface area contributed by atoms with Gasteiger partial charge in [0.1, 0.15) is 5.69 Å². The Morgan fingerprint density at radius 3 is 3.06 bits per heavy atom.